The molecule has 1 saturated carbocycles. The van der Waals surface area contributed by atoms with Gasteiger partial charge in [-0.2, -0.15) is 0 Å². The molecule has 0 aliphatic heterocycles. The third kappa shape index (κ3) is 2.81. The average Bonchev–Trinajstić information content (AvgIpc) is 2.75. The number of carbonyl (C=O) groups is 5. The molecule has 172 valence electrons. The van der Waals surface area contributed by atoms with E-state index in [4.69, 9.17) is 15.6 Å². The second kappa shape index (κ2) is 7.25. The van der Waals surface area contributed by atoms with Gasteiger partial charge in [-0.3, -0.25) is 19.2 Å². The topological polar surface area (TPSA) is 222 Å². The minimum atomic E-state index is -3.08. The van der Waals surface area contributed by atoms with Crippen LogP contribution in [0.5, 0.6) is 5.75 Å². The number of amides is 1. The summed E-state index contributed by atoms with van der Waals surface area (Å²) in [6, 6.07) is 3.65. The van der Waals surface area contributed by atoms with E-state index in [9.17, 15) is 44.4 Å². The molecule has 0 spiro atoms. The number of benzene rings is 1. The van der Waals surface area contributed by atoms with Crippen molar-refractivity contribution in [3.05, 3.63) is 46.2 Å². The molecule has 3 aliphatic rings. The number of ether oxygens (including phenoxy) is 1. The molecule has 1 amide bonds. The Labute approximate surface area is 184 Å². The molecule has 12 nitrogen and oxygen atoms in total. The van der Waals surface area contributed by atoms with Crippen molar-refractivity contribution < 1.29 is 54.2 Å². The maximum Gasteiger partial charge on any atom is 0.332 e. The Balaban J connectivity index is 2.05. The minimum absolute atomic E-state index is 0.232. The van der Waals surface area contributed by atoms with Gasteiger partial charge in [-0.15, -0.1) is 0 Å². The highest BCUT2D eigenvalue weighted by Gasteiger charge is 2.66. The molecule has 0 radical (unpaired) electrons. The van der Waals surface area contributed by atoms with Crippen LogP contribution >= 0.6 is 0 Å². The van der Waals surface area contributed by atoms with Crippen LogP contribution in [-0.4, -0.2) is 73.1 Å². The first-order valence-corrected chi connectivity index (χ1v) is 9.60. The molecule has 0 saturated heterocycles. The second-order valence-electron chi connectivity index (χ2n) is 7.83. The molecule has 1 aromatic carbocycles. The predicted octanol–water partition coefficient (Wildman–Crippen LogP) is -1.42. The lowest BCUT2D eigenvalue weighted by atomic mass is 9.57. The van der Waals surface area contributed by atoms with E-state index in [0.29, 0.717) is 0 Å². The van der Waals surface area contributed by atoms with Gasteiger partial charge in [0.05, 0.1) is 17.1 Å². The molecular weight excluding hydrogens is 442 g/mol. The van der Waals surface area contributed by atoms with Gasteiger partial charge in [0.1, 0.15) is 35.6 Å². The molecule has 7 N–H and O–H groups in total. The van der Waals surface area contributed by atoms with Crippen LogP contribution in [0.15, 0.2) is 35.1 Å². The van der Waals surface area contributed by atoms with Crippen LogP contribution in [-0.2, 0) is 23.9 Å². The molecule has 1 aromatic rings. The van der Waals surface area contributed by atoms with Crippen LogP contribution in [0.3, 0.4) is 0 Å². The van der Waals surface area contributed by atoms with Crippen LogP contribution in [0.4, 0.5) is 0 Å². The first-order valence-electron chi connectivity index (χ1n) is 9.60. The number of esters is 1. The first kappa shape index (κ1) is 22.2. The van der Waals surface area contributed by atoms with E-state index in [2.05, 4.69) is 0 Å². The Morgan fingerprint density at radius 1 is 1.15 bits per heavy atom. The number of primary amides is 1. The fourth-order valence-electron chi connectivity index (χ4n) is 4.75. The maximum absolute atomic E-state index is 13.4. The number of hydrogen-bond acceptors (Lipinski definition) is 11. The largest absolute Gasteiger partial charge is 0.508 e. The van der Waals surface area contributed by atoms with Crippen molar-refractivity contribution >= 4 is 35.0 Å². The molecule has 3 aliphatic carbocycles. The van der Waals surface area contributed by atoms with Gasteiger partial charge in [0.2, 0.25) is 5.78 Å². The molecule has 0 bridgehead atoms. The van der Waals surface area contributed by atoms with Gasteiger partial charge in [0, 0.05) is 17.9 Å². The van der Waals surface area contributed by atoms with Crippen molar-refractivity contribution in [3.8, 4) is 5.75 Å². The summed E-state index contributed by atoms with van der Waals surface area (Å²) >= 11 is 0. The summed E-state index contributed by atoms with van der Waals surface area (Å²) in [5.41, 5.74) is -0.504. The monoisotopic (exact) mass is 459 g/mol. The normalized spacial score (nSPS) is 28.8. The van der Waals surface area contributed by atoms with Crippen molar-refractivity contribution in [1.82, 2.24) is 0 Å². The van der Waals surface area contributed by atoms with Crippen LogP contribution in [0, 0.1) is 11.8 Å². The van der Waals surface area contributed by atoms with Crippen molar-refractivity contribution in [3.63, 3.8) is 0 Å². The molecule has 12 heteroatoms. The molecule has 0 aromatic heterocycles. The van der Waals surface area contributed by atoms with Gasteiger partial charge in [0.25, 0.3) is 5.91 Å². The molecule has 0 unspecified atom stereocenters. The summed E-state index contributed by atoms with van der Waals surface area (Å²) in [5.74, 6) is -12.6. The summed E-state index contributed by atoms with van der Waals surface area (Å²) in [4.78, 5) is 62.9. The lowest BCUT2D eigenvalue weighted by Crippen LogP contribution is -2.65. The Hall–Kier alpha value is -4.03. The molecule has 4 rings (SSSR count). The van der Waals surface area contributed by atoms with Gasteiger partial charge in [-0.05, 0) is 6.07 Å². The van der Waals surface area contributed by atoms with Gasteiger partial charge < -0.3 is 36.0 Å². The molecule has 4 atom stereocenters. The summed E-state index contributed by atoms with van der Waals surface area (Å²) in [6.07, 6.45) is -2.66. The summed E-state index contributed by atoms with van der Waals surface area (Å²) in [5, 5.41) is 52.0. The Kier molecular flexibility index (Phi) is 4.87. The summed E-state index contributed by atoms with van der Waals surface area (Å²) < 4.78 is 5.12. The number of carbonyl (C=O) groups excluding carboxylic acids is 5. The third-order valence-electron chi connectivity index (χ3n) is 6.17. The van der Waals surface area contributed by atoms with E-state index >= 15 is 0 Å². The van der Waals surface area contributed by atoms with E-state index in [1.165, 1.54) is 12.1 Å². The smallest absolute Gasteiger partial charge is 0.332 e. The number of phenols is 1. The van der Waals surface area contributed by atoms with E-state index in [1.807, 2.05) is 0 Å². The van der Waals surface area contributed by atoms with Gasteiger partial charge in [-0.25, -0.2) is 4.79 Å². The molecule has 1 fully saturated rings. The van der Waals surface area contributed by atoms with Crippen molar-refractivity contribution in [2.45, 2.75) is 18.1 Å². The number of aliphatic hydroxyl groups is 4. The number of rotatable bonds is 3. The summed E-state index contributed by atoms with van der Waals surface area (Å²) in [6.45, 7) is -1.17. The van der Waals surface area contributed by atoms with Gasteiger partial charge >= 0.3 is 5.97 Å². The zero-order valence-electron chi connectivity index (χ0n) is 16.6. The number of hydrogen-bond donors (Lipinski definition) is 6. The Bertz CT molecular complexity index is 1230. The van der Waals surface area contributed by atoms with Gasteiger partial charge in [-0.1, -0.05) is 12.1 Å². The lowest BCUT2D eigenvalue weighted by molar-refractivity contribution is -0.177. The zero-order chi connectivity index (χ0) is 24.4. The van der Waals surface area contributed by atoms with Crippen LogP contribution in [0.2, 0.25) is 0 Å². The van der Waals surface area contributed by atoms with Crippen LogP contribution in [0.25, 0.3) is 5.76 Å². The number of fused-ring (bicyclic) bond motifs is 3. The zero-order valence-corrected chi connectivity index (χ0v) is 16.6. The SMILES string of the molecule is NC(=O)C1=C(O)[C@@]2(O)C(=O)C3=C(O)c4c(O)cccc4C(=O)[C@H]3[C@H](OC(=O)CO)[C@H]2CC1=O. The molecule has 33 heavy (non-hydrogen) atoms. The van der Waals surface area contributed by atoms with E-state index in [1.54, 1.807) is 0 Å². The second-order valence-corrected chi connectivity index (χ2v) is 7.83. The predicted molar refractivity (Wildman–Crippen MR) is 104 cm³/mol. The van der Waals surface area contributed by atoms with E-state index in [-0.39, 0.29) is 5.56 Å². The Morgan fingerprint density at radius 2 is 1.82 bits per heavy atom. The van der Waals surface area contributed by atoms with Crippen molar-refractivity contribution in [2.24, 2.45) is 17.6 Å². The van der Waals surface area contributed by atoms with E-state index in [0.717, 1.165) is 6.07 Å². The highest BCUT2D eigenvalue weighted by atomic mass is 16.6. The number of ketones is 3. The van der Waals surface area contributed by atoms with Crippen LogP contribution < -0.4 is 5.73 Å². The number of Topliss-reactive ketones (excluding diaryl/α,β-unsaturated/α-hetero) is 3. The van der Waals surface area contributed by atoms with Crippen LogP contribution in [0.1, 0.15) is 22.3 Å². The third-order valence-corrected chi connectivity index (χ3v) is 6.17. The number of aliphatic hydroxyl groups excluding tert-OH is 3. The number of aromatic hydroxyl groups is 1. The van der Waals surface area contributed by atoms with Crippen molar-refractivity contribution in [1.29, 1.82) is 0 Å². The first-order chi connectivity index (χ1) is 15.5. The number of nitrogens with two attached hydrogens (primary N) is 1. The highest BCUT2D eigenvalue weighted by Crippen LogP contribution is 2.52. The van der Waals surface area contributed by atoms with Gasteiger partial charge in [0.15, 0.2) is 17.2 Å². The fraction of sp³-hybridized carbons (Fsp3) is 0.286. The minimum Gasteiger partial charge on any atom is -0.508 e. The highest BCUT2D eigenvalue weighted by molar-refractivity contribution is 6.25. The number of phenolic OH excluding ortho intramolecular Hbond substituents is 1. The molecular formula is C21H17NO11. The quantitative estimate of drug-likeness (QED) is 0.227. The lowest BCUT2D eigenvalue weighted by Gasteiger charge is -2.49. The molecule has 0 heterocycles. The van der Waals surface area contributed by atoms with Crippen molar-refractivity contribution in [2.75, 3.05) is 6.61 Å². The average molecular weight is 459 g/mol. The standard InChI is InChI=1S/C21H17NO11/c22-20(31)12-9(25)4-7-17(33-10(26)5-23)13-14(19(30)21(7,32)18(12)29)16(28)11-6(15(13)27)2-1-3-8(11)24/h1-3,7,13,17,23-24,28-29,32H,4-5H2,(H2,22,31)/t7-,13+,17-,21-/m1/s1. The fourth-order valence-corrected chi connectivity index (χ4v) is 4.75. The maximum atomic E-state index is 13.4. The van der Waals surface area contributed by atoms with E-state index < -0.39 is 99.8 Å². The summed E-state index contributed by atoms with van der Waals surface area (Å²) in [7, 11) is 0. The Morgan fingerprint density at radius 3 is 2.42 bits per heavy atom.